The van der Waals surface area contributed by atoms with E-state index in [1.807, 2.05) is 25.3 Å². The van der Waals surface area contributed by atoms with Gasteiger partial charge in [0.25, 0.3) is 5.91 Å². The van der Waals surface area contributed by atoms with E-state index < -0.39 is 11.7 Å². The maximum atomic E-state index is 12.5. The number of rotatable bonds is 3. The average Bonchev–Trinajstić information content (AvgIpc) is 3.03. The molecule has 1 amide bonds. The van der Waals surface area contributed by atoms with Gasteiger partial charge >= 0.3 is 0 Å². The number of nitrogens with zero attached hydrogens (tertiary/aromatic N) is 2. The molecule has 3 rings (SSSR count). The number of benzene rings is 1. The van der Waals surface area contributed by atoms with Crippen LogP contribution in [0.3, 0.4) is 0 Å². The van der Waals surface area contributed by atoms with Gasteiger partial charge in [0.15, 0.2) is 0 Å². The van der Waals surface area contributed by atoms with Crippen molar-refractivity contribution in [1.29, 1.82) is 0 Å². The van der Waals surface area contributed by atoms with Gasteiger partial charge in [-0.15, -0.1) is 0 Å². The number of aromatic nitrogens is 1. The van der Waals surface area contributed by atoms with Crippen LogP contribution in [-0.2, 0) is 11.3 Å². The summed E-state index contributed by atoms with van der Waals surface area (Å²) in [5, 5.41) is 0. The lowest BCUT2D eigenvalue weighted by Gasteiger charge is -2.34. The summed E-state index contributed by atoms with van der Waals surface area (Å²) in [5.41, 5.74) is 1.45. The molecule has 0 saturated heterocycles. The molecule has 5 heteroatoms. The third kappa shape index (κ3) is 2.39. The first kappa shape index (κ1) is 14.4. The molecule has 1 aromatic heterocycles. The Labute approximate surface area is 129 Å². The summed E-state index contributed by atoms with van der Waals surface area (Å²) >= 11 is 0. The van der Waals surface area contributed by atoms with E-state index in [2.05, 4.69) is 4.57 Å². The van der Waals surface area contributed by atoms with Crippen LogP contribution in [0.15, 0.2) is 42.6 Å². The summed E-state index contributed by atoms with van der Waals surface area (Å²) in [6.45, 7) is 3.21. The minimum absolute atomic E-state index is 0.0987. The van der Waals surface area contributed by atoms with Crippen LogP contribution >= 0.6 is 0 Å². The second kappa shape index (κ2) is 5.67. The molecule has 2 heterocycles. The Morgan fingerprint density at radius 2 is 1.86 bits per heavy atom. The predicted molar refractivity (Wildman–Crippen MR) is 81.9 cm³/mol. The number of hydrogen-bond acceptors (Lipinski definition) is 3. The summed E-state index contributed by atoms with van der Waals surface area (Å²) in [5.74, 6) is -0.271. The highest BCUT2D eigenvalue weighted by Gasteiger charge is 2.31. The van der Waals surface area contributed by atoms with Crippen molar-refractivity contribution in [2.24, 2.45) is 0 Å². The standard InChI is InChI=1S/C17H18N2O3/c1-12-15-4-3-9-18(15)10-11-19(12)17(21)16(20)13-5-7-14(22-2)8-6-13/h3-9,12H,10-11H2,1-2H3/t12-/m1/s1. The van der Waals surface area contributed by atoms with Gasteiger partial charge in [-0.1, -0.05) is 0 Å². The van der Waals surface area contributed by atoms with Crippen LogP contribution in [0.5, 0.6) is 5.75 Å². The molecule has 0 saturated carbocycles. The summed E-state index contributed by atoms with van der Waals surface area (Å²) in [6.07, 6.45) is 2.00. The Kier molecular flexibility index (Phi) is 3.71. The number of methoxy groups -OCH3 is 1. The van der Waals surface area contributed by atoms with Crippen LogP contribution in [0.4, 0.5) is 0 Å². The van der Waals surface area contributed by atoms with Gasteiger partial charge in [-0.05, 0) is 43.3 Å². The first-order valence-electron chi connectivity index (χ1n) is 7.26. The number of fused-ring (bicyclic) bond motifs is 1. The van der Waals surface area contributed by atoms with Gasteiger partial charge in [0, 0.05) is 30.5 Å². The normalized spacial score (nSPS) is 17.0. The number of Topliss-reactive ketones (excluding diaryl/α,β-unsaturated/α-hetero) is 1. The average molecular weight is 298 g/mol. The molecule has 22 heavy (non-hydrogen) atoms. The van der Waals surface area contributed by atoms with Crippen molar-refractivity contribution in [2.75, 3.05) is 13.7 Å². The lowest BCUT2D eigenvalue weighted by molar-refractivity contribution is -0.129. The Morgan fingerprint density at radius 1 is 1.14 bits per heavy atom. The van der Waals surface area contributed by atoms with Gasteiger partial charge in [-0.3, -0.25) is 9.59 Å². The van der Waals surface area contributed by atoms with Crippen molar-refractivity contribution < 1.29 is 14.3 Å². The van der Waals surface area contributed by atoms with E-state index in [1.165, 1.54) is 0 Å². The zero-order valence-corrected chi connectivity index (χ0v) is 12.7. The number of amides is 1. The lowest BCUT2D eigenvalue weighted by atomic mass is 10.1. The van der Waals surface area contributed by atoms with Crippen LogP contribution in [0.1, 0.15) is 29.0 Å². The highest BCUT2D eigenvalue weighted by atomic mass is 16.5. The van der Waals surface area contributed by atoms with E-state index in [1.54, 1.807) is 36.3 Å². The van der Waals surface area contributed by atoms with Crippen LogP contribution in [0.2, 0.25) is 0 Å². The highest BCUT2D eigenvalue weighted by molar-refractivity contribution is 6.42. The zero-order valence-electron chi connectivity index (χ0n) is 12.7. The molecule has 0 N–H and O–H groups in total. The van der Waals surface area contributed by atoms with Crippen LogP contribution in [-0.4, -0.2) is 34.8 Å². The van der Waals surface area contributed by atoms with E-state index in [9.17, 15) is 9.59 Å². The van der Waals surface area contributed by atoms with Crippen molar-refractivity contribution in [1.82, 2.24) is 9.47 Å². The quantitative estimate of drug-likeness (QED) is 0.645. The number of carbonyl (C=O) groups excluding carboxylic acids is 2. The Balaban J connectivity index is 1.80. The molecule has 0 radical (unpaired) electrons. The second-order valence-corrected chi connectivity index (χ2v) is 5.36. The summed E-state index contributed by atoms with van der Waals surface area (Å²) in [7, 11) is 1.56. The summed E-state index contributed by atoms with van der Waals surface area (Å²) in [6, 6.07) is 10.5. The fourth-order valence-electron chi connectivity index (χ4n) is 2.85. The second-order valence-electron chi connectivity index (χ2n) is 5.36. The van der Waals surface area contributed by atoms with E-state index in [0.717, 1.165) is 5.69 Å². The van der Waals surface area contributed by atoms with Crippen LogP contribution in [0.25, 0.3) is 0 Å². The molecule has 0 bridgehead atoms. The molecule has 1 atom stereocenters. The maximum Gasteiger partial charge on any atom is 0.295 e. The number of ketones is 1. The minimum Gasteiger partial charge on any atom is -0.497 e. The van der Waals surface area contributed by atoms with Crippen molar-refractivity contribution >= 4 is 11.7 Å². The van der Waals surface area contributed by atoms with Crippen molar-refractivity contribution in [3.8, 4) is 5.75 Å². The fourth-order valence-corrected chi connectivity index (χ4v) is 2.85. The summed E-state index contributed by atoms with van der Waals surface area (Å²) < 4.78 is 7.18. The monoisotopic (exact) mass is 298 g/mol. The zero-order chi connectivity index (χ0) is 15.7. The maximum absolute atomic E-state index is 12.5. The van der Waals surface area contributed by atoms with E-state index in [-0.39, 0.29) is 6.04 Å². The van der Waals surface area contributed by atoms with Crippen molar-refractivity contribution in [3.63, 3.8) is 0 Å². The van der Waals surface area contributed by atoms with Crippen molar-refractivity contribution in [3.05, 3.63) is 53.9 Å². The molecular formula is C17H18N2O3. The fraction of sp³-hybridized carbons (Fsp3) is 0.294. The molecule has 1 aliphatic rings. The molecule has 1 aliphatic heterocycles. The highest BCUT2D eigenvalue weighted by Crippen LogP contribution is 2.26. The van der Waals surface area contributed by atoms with E-state index in [0.29, 0.717) is 24.4 Å². The largest absolute Gasteiger partial charge is 0.497 e. The van der Waals surface area contributed by atoms with E-state index in [4.69, 9.17) is 4.74 Å². The number of ether oxygens (including phenoxy) is 1. The molecule has 0 unspecified atom stereocenters. The molecule has 0 spiro atoms. The Bertz CT molecular complexity index is 703. The SMILES string of the molecule is COc1ccc(C(=O)C(=O)N2CCn3cccc3[C@H]2C)cc1. The first-order valence-corrected chi connectivity index (χ1v) is 7.26. The molecule has 5 nitrogen and oxygen atoms in total. The molecular weight excluding hydrogens is 280 g/mol. The van der Waals surface area contributed by atoms with Crippen LogP contribution < -0.4 is 4.74 Å². The van der Waals surface area contributed by atoms with Gasteiger partial charge in [0.2, 0.25) is 5.78 Å². The number of hydrogen-bond donors (Lipinski definition) is 0. The smallest absolute Gasteiger partial charge is 0.295 e. The predicted octanol–water partition coefficient (Wildman–Crippen LogP) is 2.28. The molecule has 0 fully saturated rings. The topological polar surface area (TPSA) is 51.5 Å². The summed E-state index contributed by atoms with van der Waals surface area (Å²) in [4.78, 5) is 26.6. The lowest BCUT2D eigenvalue weighted by Crippen LogP contribution is -2.44. The third-order valence-electron chi connectivity index (χ3n) is 4.15. The van der Waals surface area contributed by atoms with Gasteiger partial charge in [-0.2, -0.15) is 0 Å². The number of carbonyl (C=O) groups is 2. The van der Waals surface area contributed by atoms with Gasteiger partial charge in [0.1, 0.15) is 5.75 Å². The Morgan fingerprint density at radius 3 is 2.55 bits per heavy atom. The molecule has 0 aliphatic carbocycles. The third-order valence-corrected chi connectivity index (χ3v) is 4.15. The van der Waals surface area contributed by atoms with Gasteiger partial charge in [0.05, 0.1) is 13.2 Å². The van der Waals surface area contributed by atoms with Crippen molar-refractivity contribution in [2.45, 2.75) is 19.5 Å². The molecule has 114 valence electrons. The Hall–Kier alpha value is -2.56. The first-order chi connectivity index (χ1) is 10.6. The molecule has 1 aromatic carbocycles. The molecule has 2 aromatic rings. The van der Waals surface area contributed by atoms with Crippen LogP contribution in [0, 0.1) is 0 Å². The minimum atomic E-state index is -0.477. The van der Waals surface area contributed by atoms with Gasteiger partial charge in [-0.25, -0.2) is 0 Å². The van der Waals surface area contributed by atoms with Gasteiger partial charge < -0.3 is 14.2 Å². The van der Waals surface area contributed by atoms with E-state index >= 15 is 0 Å².